The van der Waals surface area contributed by atoms with E-state index in [-0.39, 0.29) is 11.3 Å². The monoisotopic (exact) mass is 302 g/mol. The molecule has 7 nitrogen and oxygen atoms in total. The number of aliphatic hydroxyl groups excluding tert-OH is 1. The third-order valence-corrected chi connectivity index (χ3v) is 2.86. The van der Waals surface area contributed by atoms with Gasteiger partial charge in [0.2, 0.25) is 0 Å². The van der Waals surface area contributed by atoms with Gasteiger partial charge in [-0.15, -0.1) is 0 Å². The number of rotatable bonds is 3. The molecule has 0 fully saturated rings. The van der Waals surface area contributed by atoms with E-state index in [1.807, 2.05) is 4.72 Å². The van der Waals surface area contributed by atoms with E-state index in [1.54, 1.807) is 4.72 Å². The molecule has 0 aliphatic carbocycles. The predicted octanol–water partition coefficient (Wildman–Crippen LogP) is 0.182. The van der Waals surface area contributed by atoms with Gasteiger partial charge in [0.15, 0.2) is 0 Å². The van der Waals surface area contributed by atoms with Gasteiger partial charge in [0.1, 0.15) is 12.4 Å². The molecule has 0 heterocycles. The van der Waals surface area contributed by atoms with E-state index in [0.29, 0.717) is 0 Å². The summed E-state index contributed by atoms with van der Waals surface area (Å²) < 4.78 is 43.9. The molecule has 0 aliphatic heterocycles. The zero-order valence-corrected chi connectivity index (χ0v) is 11.1. The molecule has 0 saturated carbocycles. The number of benzene rings is 1. The van der Waals surface area contributed by atoms with E-state index in [1.165, 1.54) is 0 Å². The highest BCUT2D eigenvalue weighted by atomic mass is 32.2. The SMILES string of the molecule is COC(=O)NS(=O)(=O)Nc1ccc(F)cc1C#CCO. The Morgan fingerprint density at radius 1 is 1.50 bits per heavy atom. The lowest BCUT2D eigenvalue weighted by Gasteiger charge is -2.10. The Morgan fingerprint density at radius 3 is 2.80 bits per heavy atom. The van der Waals surface area contributed by atoms with Crippen LogP contribution in [0.5, 0.6) is 0 Å². The number of carbonyl (C=O) groups is 1. The lowest BCUT2D eigenvalue weighted by molar-refractivity contribution is 0.177. The van der Waals surface area contributed by atoms with E-state index in [0.717, 1.165) is 25.3 Å². The molecule has 3 N–H and O–H groups in total. The van der Waals surface area contributed by atoms with Gasteiger partial charge in [-0.1, -0.05) is 11.8 Å². The van der Waals surface area contributed by atoms with Crippen LogP contribution in [0.1, 0.15) is 5.56 Å². The molecule has 1 aromatic rings. The van der Waals surface area contributed by atoms with E-state index < -0.39 is 28.7 Å². The Labute approximate surface area is 114 Å². The fourth-order valence-corrected chi connectivity index (χ4v) is 1.99. The second kappa shape index (κ2) is 6.74. The normalized spacial score (nSPS) is 10.2. The molecule has 108 valence electrons. The van der Waals surface area contributed by atoms with Gasteiger partial charge in [0.05, 0.1) is 18.4 Å². The maximum atomic E-state index is 13.1. The van der Waals surface area contributed by atoms with Gasteiger partial charge in [-0.2, -0.15) is 8.42 Å². The van der Waals surface area contributed by atoms with Crippen LogP contribution in [-0.2, 0) is 14.9 Å². The second-order valence-corrected chi connectivity index (χ2v) is 4.76. The number of hydrogen-bond donors (Lipinski definition) is 3. The summed E-state index contributed by atoms with van der Waals surface area (Å²) in [5, 5.41) is 8.59. The molecular formula is C11H11FN2O5S. The molecule has 1 amide bonds. The van der Waals surface area contributed by atoms with Crippen molar-refractivity contribution in [3.63, 3.8) is 0 Å². The Hall–Kier alpha value is -2.31. The van der Waals surface area contributed by atoms with Crippen molar-refractivity contribution in [3.05, 3.63) is 29.6 Å². The number of halogens is 1. The predicted molar refractivity (Wildman–Crippen MR) is 68.4 cm³/mol. The van der Waals surface area contributed by atoms with E-state index >= 15 is 0 Å². The highest BCUT2D eigenvalue weighted by molar-refractivity contribution is 7.91. The van der Waals surface area contributed by atoms with Crippen molar-refractivity contribution in [1.29, 1.82) is 0 Å². The first kappa shape index (κ1) is 15.7. The number of aliphatic hydroxyl groups is 1. The maximum absolute atomic E-state index is 13.1. The van der Waals surface area contributed by atoms with Crippen molar-refractivity contribution in [3.8, 4) is 11.8 Å². The van der Waals surface area contributed by atoms with Crippen LogP contribution in [0.2, 0.25) is 0 Å². The molecule has 0 atom stereocenters. The molecule has 0 spiro atoms. The lowest BCUT2D eigenvalue weighted by atomic mass is 10.2. The molecule has 1 rings (SSSR count). The molecule has 0 unspecified atom stereocenters. The van der Waals surface area contributed by atoms with Gasteiger partial charge in [0.25, 0.3) is 0 Å². The fraction of sp³-hybridized carbons (Fsp3) is 0.182. The van der Waals surface area contributed by atoms with Crippen molar-refractivity contribution in [2.45, 2.75) is 0 Å². The summed E-state index contributed by atoms with van der Waals surface area (Å²) in [6.07, 6.45) is -1.18. The smallest absolute Gasteiger partial charge is 0.422 e. The molecule has 0 aliphatic rings. The quantitative estimate of drug-likeness (QED) is 0.691. The minimum Gasteiger partial charge on any atom is -0.452 e. The Bertz CT molecular complexity index is 663. The highest BCUT2D eigenvalue weighted by Crippen LogP contribution is 2.17. The Morgan fingerprint density at radius 2 is 2.20 bits per heavy atom. The van der Waals surface area contributed by atoms with E-state index in [2.05, 4.69) is 16.6 Å². The number of amides is 1. The van der Waals surface area contributed by atoms with Crippen LogP contribution in [0.4, 0.5) is 14.9 Å². The Balaban J connectivity index is 3.05. The minimum absolute atomic E-state index is 0.00860. The lowest BCUT2D eigenvalue weighted by Crippen LogP contribution is -2.35. The van der Waals surface area contributed by atoms with Gasteiger partial charge in [-0.25, -0.2) is 13.9 Å². The van der Waals surface area contributed by atoms with Crippen LogP contribution >= 0.6 is 0 Å². The minimum atomic E-state index is -4.23. The average Bonchev–Trinajstić information content (AvgIpc) is 2.38. The van der Waals surface area contributed by atoms with Crippen molar-refractivity contribution in [2.24, 2.45) is 0 Å². The van der Waals surface area contributed by atoms with Crippen LogP contribution < -0.4 is 9.44 Å². The molecule has 0 saturated heterocycles. The Kier molecular flexibility index (Phi) is 5.31. The summed E-state index contributed by atoms with van der Waals surface area (Å²) in [5.74, 6) is 4.02. The van der Waals surface area contributed by atoms with E-state index in [4.69, 9.17) is 5.11 Å². The van der Waals surface area contributed by atoms with Crippen LogP contribution in [0, 0.1) is 17.7 Å². The van der Waals surface area contributed by atoms with Gasteiger partial charge in [-0.3, -0.25) is 4.72 Å². The topological polar surface area (TPSA) is 105 Å². The van der Waals surface area contributed by atoms with Gasteiger partial charge in [-0.05, 0) is 18.2 Å². The second-order valence-electron chi connectivity index (χ2n) is 3.35. The van der Waals surface area contributed by atoms with Gasteiger partial charge in [0, 0.05) is 0 Å². The average molecular weight is 302 g/mol. The number of hydrogen-bond acceptors (Lipinski definition) is 5. The van der Waals surface area contributed by atoms with Crippen molar-refractivity contribution in [2.75, 3.05) is 18.4 Å². The summed E-state index contributed by atoms with van der Waals surface area (Å²) >= 11 is 0. The summed E-state index contributed by atoms with van der Waals surface area (Å²) in [6, 6.07) is 3.13. The molecule has 0 bridgehead atoms. The van der Waals surface area contributed by atoms with Crippen LogP contribution in [-0.4, -0.2) is 33.3 Å². The number of carbonyl (C=O) groups excluding carboxylic acids is 1. The number of nitrogens with one attached hydrogen (secondary N) is 2. The molecule has 1 aromatic carbocycles. The molecule has 9 heteroatoms. The summed E-state index contributed by atoms with van der Waals surface area (Å²) in [5.41, 5.74) is -0.0435. The summed E-state index contributed by atoms with van der Waals surface area (Å²) in [7, 11) is -3.23. The first-order chi connectivity index (χ1) is 9.38. The zero-order chi connectivity index (χ0) is 15.2. The number of anilines is 1. The molecule has 20 heavy (non-hydrogen) atoms. The van der Waals surface area contributed by atoms with Gasteiger partial charge >= 0.3 is 16.3 Å². The summed E-state index contributed by atoms with van der Waals surface area (Å²) in [4.78, 5) is 10.9. The van der Waals surface area contributed by atoms with Crippen LogP contribution in [0.3, 0.4) is 0 Å². The van der Waals surface area contributed by atoms with Gasteiger partial charge < -0.3 is 9.84 Å². The zero-order valence-electron chi connectivity index (χ0n) is 10.3. The van der Waals surface area contributed by atoms with Crippen molar-refractivity contribution < 1.29 is 27.4 Å². The van der Waals surface area contributed by atoms with Crippen molar-refractivity contribution >= 4 is 22.0 Å². The van der Waals surface area contributed by atoms with Crippen LogP contribution in [0.15, 0.2) is 18.2 Å². The number of methoxy groups -OCH3 is 1. The third kappa shape index (κ3) is 4.75. The first-order valence-corrected chi connectivity index (χ1v) is 6.64. The van der Waals surface area contributed by atoms with Crippen LogP contribution in [0.25, 0.3) is 0 Å². The molecule has 0 radical (unpaired) electrons. The first-order valence-electron chi connectivity index (χ1n) is 5.15. The molecule has 0 aromatic heterocycles. The number of ether oxygens (including phenoxy) is 1. The standard InChI is InChI=1S/C11H11FN2O5S/c1-19-11(16)14-20(17,18)13-10-5-4-9(12)7-8(10)3-2-6-15/h4-5,7,13,15H,6H2,1H3,(H,14,16). The van der Waals surface area contributed by atoms with E-state index in [9.17, 15) is 17.6 Å². The third-order valence-electron chi connectivity index (χ3n) is 1.93. The maximum Gasteiger partial charge on any atom is 0.422 e. The fourth-order valence-electron chi connectivity index (χ4n) is 1.17. The summed E-state index contributed by atoms with van der Waals surface area (Å²) in [6.45, 7) is -0.469. The molecular weight excluding hydrogens is 291 g/mol. The largest absolute Gasteiger partial charge is 0.452 e. The highest BCUT2D eigenvalue weighted by Gasteiger charge is 2.16. The van der Waals surface area contributed by atoms with Crippen molar-refractivity contribution in [1.82, 2.24) is 4.72 Å².